The summed E-state index contributed by atoms with van der Waals surface area (Å²) in [5.41, 5.74) is 3.02. The average molecular weight is 564 g/mol. The number of hydrogen-bond donors (Lipinski definition) is 2. The van der Waals surface area contributed by atoms with Crippen LogP contribution in [0.4, 0.5) is 5.69 Å². The van der Waals surface area contributed by atoms with Crippen molar-refractivity contribution >= 4 is 50.8 Å². The van der Waals surface area contributed by atoms with Gasteiger partial charge in [0.05, 0.1) is 35.2 Å². The first kappa shape index (κ1) is 28.4. The van der Waals surface area contributed by atoms with Crippen LogP contribution in [0.5, 0.6) is 11.5 Å². The van der Waals surface area contributed by atoms with E-state index in [0.717, 1.165) is 33.0 Å². The highest BCUT2D eigenvalue weighted by Gasteiger charge is 2.15. The molecule has 1 unspecified atom stereocenters. The van der Waals surface area contributed by atoms with Crippen LogP contribution >= 0.6 is 23.1 Å². The number of hydrogen-bond acceptors (Lipinski definition) is 7. The number of ether oxygens (including phenoxy) is 2. The number of anilines is 1. The van der Waals surface area contributed by atoms with Gasteiger partial charge in [0.25, 0.3) is 5.91 Å². The summed E-state index contributed by atoms with van der Waals surface area (Å²) < 4.78 is 13.2. The van der Waals surface area contributed by atoms with Crippen LogP contribution in [0.2, 0.25) is 0 Å². The smallest absolute Gasteiger partial charge is 0.255 e. The first-order valence-electron chi connectivity index (χ1n) is 12.9. The molecule has 0 spiro atoms. The number of carbonyl (C=O) groups is 2. The summed E-state index contributed by atoms with van der Waals surface area (Å²) in [5.74, 6) is 1.13. The van der Waals surface area contributed by atoms with E-state index in [4.69, 9.17) is 9.47 Å². The van der Waals surface area contributed by atoms with E-state index in [1.54, 1.807) is 25.3 Å². The van der Waals surface area contributed by atoms with Gasteiger partial charge < -0.3 is 20.1 Å². The molecule has 4 aromatic rings. The van der Waals surface area contributed by atoms with Gasteiger partial charge in [0.1, 0.15) is 0 Å². The topological polar surface area (TPSA) is 89.5 Å². The molecule has 0 fully saturated rings. The Morgan fingerprint density at radius 3 is 2.56 bits per heavy atom. The summed E-state index contributed by atoms with van der Waals surface area (Å²) in [6.45, 7) is 6.10. The predicted octanol–water partition coefficient (Wildman–Crippen LogP) is 7.09. The summed E-state index contributed by atoms with van der Waals surface area (Å²) in [6.07, 6.45) is 2.02. The minimum absolute atomic E-state index is 0.0461. The van der Waals surface area contributed by atoms with Crippen LogP contribution in [-0.4, -0.2) is 35.8 Å². The molecular weight excluding hydrogens is 530 g/mol. The van der Waals surface area contributed by atoms with Gasteiger partial charge >= 0.3 is 0 Å². The number of rotatable bonds is 12. The Balaban J connectivity index is 1.36. The van der Waals surface area contributed by atoms with Gasteiger partial charge in [-0.3, -0.25) is 9.59 Å². The van der Waals surface area contributed by atoms with Gasteiger partial charge in [-0.05, 0) is 62.2 Å². The number of amides is 2. The fourth-order valence-electron chi connectivity index (χ4n) is 4.07. The Morgan fingerprint density at radius 2 is 1.82 bits per heavy atom. The summed E-state index contributed by atoms with van der Waals surface area (Å²) in [5, 5.41) is 5.98. The standard InChI is InChI=1S/C30H33N3O4S2/c1-5-9-19(2)37-25-15-12-22(16-26(25)36-4)29(35)32-23-13-14-24-27(17-23)39-30(33-24)38-18-28(34)31-20(3)21-10-7-6-8-11-21/h6-8,10-17,19-20H,5,9,18H2,1-4H3,(H,31,34)(H,32,35)/t19?,20-/m0/s1. The molecule has 0 bridgehead atoms. The van der Waals surface area contributed by atoms with Crippen molar-refractivity contribution in [2.45, 2.75) is 50.1 Å². The van der Waals surface area contributed by atoms with Gasteiger partial charge in [0, 0.05) is 11.3 Å². The van der Waals surface area contributed by atoms with Crippen molar-refractivity contribution in [1.29, 1.82) is 0 Å². The maximum atomic E-state index is 13.0. The van der Waals surface area contributed by atoms with E-state index >= 15 is 0 Å². The van der Waals surface area contributed by atoms with E-state index < -0.39 is 0 Å². The third kappa shape index (κ3) is 7.74. The minimum atomic E-state index is -0.246. The van der Waals surface area contributed by atoms with Crippen molar-refractivity contribution in [2.75, 3.05) is 18.2 Å². The highest BCUT2D eigenvalue weighted by atomic mass is 32.2. The van der Waals surface area contributed by atoms with E-state index in [9.17, 15) is 9.59 Å². The Hall–Kier alpha value is -3.56. The van der Waals surface area contributed by atoms with Crippen molar-refractivity contribution in [2.24, 2.45) is 0 Å². The Morgan fingerprint density at radius 1 is 1.03 bits per heavy atom. The number of nitrogens with zero attached hydrogens (tertiary/aromatic N) is 1. The molecule has 204 valence electrons. The average Bonchev–Trinajstić information content (AvgIpc) is 3.35. The maximum absolute atomic E-state index is 13.0. The normalized spacial score (nSPS) is 12.5. The van der Waals surface area contributed by atoms with E-state index in [2.05, 4.69) is 22.5 Å². The first-order valence-corrected chi connectivity index (χ1v) is 14.7. The lowest BCUT2D eigenvalue weighted by Crippen LogP contribution is -2.28. The van der Waals surface area contributed by atoms with Crippen LogP contribution in [0, 0.1) is 0 Å². The lowest BCUT2D eigenvalue weighted by Gasteiger charge is -2.17. The van der Waals surface area contributed by atoms with E-state index in [-0.39, 0.29) is 29.7 Å². The zero-order valence-corrected chi connectivity index (χ0v) is 24.2. The van der Waals surface area contributed by atoms with Crippen LogP contribution in [0.3, 0.4) is 0 Å². The van der Waals surface area contributed by atoms with Crippen molar-refractivity contribution in [3.05, 3.63) is 77.9 Å². The second-order valence-corrected chi connectivity index (χ2v) is 11.4. The van der Waals surface area contributed by atoms with Gasteiger partial charge in [-0.2, -0.15) is 0 Å². The molecule has 0 radical (unpaired) electrons. The molecule has 3 aromatic carbocycles. The Labute approximate surface area is 237 Å². The number of carbonyl (C=O) groups excluding carboxylic acids is 2. The van der Waals surface area contributed by atoms with Crippen molar-refractivity contribution in [3.63, 3.8) is 0 Å². The van der Waals surface area contributed by atoms with Crippen LogP contribution < -0.4 is 20.1 Å². The Kier molecular flexibility index (Phi) is 9.84. The van der Waals surface area contributed by atoms with Gasteiger partial charge in [0.15, 0.2) is 15.8 Å². The molecule has 9 heteroatoms. The molecule has 39 heavy (non-hydrogen) atoms. The van der Waals surface area contributed by atoms with Crippen molar-refractivity contribution in [1.82, 2.24) is 10.3 Å². The van der Waals surface area contributed by atoms with Crippen molar-refractivity contribution < 1.29 is 19.1 Å². The third-order valence-electron chi connectivity index (χ3n) is 6.08. The molecule has 2 N–H and O–H groups in total. The van der Waals surface area contributed by atoms with Gasteiger partial charge in [0.2, 0.25) is 5.91 Å². The SMILES string of the molecule is CCCC(C)Oc1ccc(C(=O)Nc2ccc3nc(SCC(=O)N[C@@H](C)c4ccccc4)sc3c2)cc1OC. The predicted molar refractivity (Wildman–Crippen MR) is 159 cm³/mol. The molecule has 4 rings (SSSR count). The number of fused-ring (bicyclic) bond motifs is 1. The monoisotopic (exact) mass is 563 g/mol. The number of aromatic nitrogens is 1. The molecule has 0 aliphatic heterocycles. The van der Waals surface area contributed by atoms with Crippen LogP contribution in [0.15, 0.2) is 71.1 Å². The summed E-state index contributed by atoms with van der Waals surface area (Å²) >= 11 is 2.90. The number of thioether (sulfide) groups is 1. The minimum Gasteiger partial charge on any atom is -0.493 e. The number of thiazole rings is 1. The first-order chi connectivity index (χ1) is 18.9. The lowest BCUT2D eigenvalue weighted by molar-refractivity contribution is -0.119. The highest BCUT2D eigenvalue weighted by Crippen LogP contribution is 2.32. The second kappa shape index (κ2) is 13.5. The molecule has 7 nitrogen and oxygen atoms in total. The fraction of sp³-hybridized carbons (Fsp3) is 0.300. The largest absolute Gasteiger partial charge is 0.493 e. The summed E-state index contributed by atoms with van der Waals surface area (Å²) in [4.78, 5) is 30.0. The van der Waals surface area contributed by atoms with Gasteiger partial charge in [-0.25, -0.2) is 4.98 Å². The molecule has 0 saturated heterocycles. The number of nitrogens with one attached hydrogen (secondary N) is 2. The number of methoxy groups -OCH3 is 1. The second-order valence-electron chi connectivity index (χ2n) is 9.19. The molecule has 1 aromatic heterocycles. The zero-order valence-electron chi connectivity index (χ0n) is 22.5. The highest BCUT2D eigenvalue weighted by molar-refractivity contribution is 8.01. The molecule has 1 heterocycles. The quantitative estimate of drug-likeness (QED) is 0.179. The van der Waals surface area contributed by atoms with Gasteiger partial charge in [-0.15, -0.1) is 11.3 Å². The van der Waals surface area contributed by atoms with E-state index in [0.29, 0.717) is 22.7 Å². The molecular formula is C30H33N3O4S2. The summed E-state index contributed by atoms with van der Waals surface area (Å²) in [7, 11) is 1.56. The van der Waals surface area contributed by atoms with Crippen LogP contribution in [0.1, 0.15) is 55.6 Å². The molecule has 2 atom stereocenters. The summed E-state index contributed by atoms with van der Waals surface area (Å²) in [6, 6.07) is 20.6. The molecule has 0 saturated carbocycles. The van der Waals surface area contributed by atoms with Crippen LogP contribution in [0.25, 0.3) is 10.2 Å². The lowest BCUT2D eigenvalue weighted by atomic mass is 10.1. The molecule has 0 aliphatic rings. The maximum Gasteiger partial charge on any atom is 0.255 e. The number of benzene rings is 3. The Bertz CT molecular complexity index is 1420. The van der Waals surface area contributed by atoms with E-state index in [1.807, 2.05) is 62.4 Å². The fourth-order valence-corrected chi connectivity index (χ4v) is 5.99. The van der Waals surface area contributed by atoms with Crippen LogP contribution in [-0.2, 0) is 4.79 Å². The molecule has 0 aliphatic carbocycles. The van der Waals surface area contributed by atoms with E-state index in [1.165, 1.54) is 23.1 Å². The van der Waals surface area contributed by atoms with Crippen molar-refractivity contribution in [3.8, 4) is 11.5 Å². The third-order valence-corrected chi connectivity index (χ3v) is 8.24. The molecule has 2 amide bonds. The zero-order chi connectivity index (χ0) is 27.8. The van der Waals surface area contributed by atoms with Gasteiger partial charge in [-0.1, -0.05) is 55.4 Å².